The Balaban J connectivity index is 2.70. The second kappa shape index (κ2) is 8.38. The normalized spacial score (nSPS) is 13.4. The molecule has 0 aromatic heterocycles. The van der Waals surface area contributed by atoms with E-state index >= 15 is 0 Å². The van der Waals surface area contributed by atoms with Crippen LogP contribution in [0.25, 0.3) is 0 Å². The van der Waals surface area contributed by atoms with Gasteiger partial charge in [-0.15, -0.1) is 0 Å². The molecule has 1 rings (SSSR count). The lowest BCUT2D eigenvalue weighted by molar-refractivity contribution is -0.145. The van der Waals surface area contributed by atoms with Gasteiger partial charge in [-0.3, -0.25) is 4.79 Å². The molecular weight excluding hydrogens is 300 g/mol. The minimum Gasteiger partial charge on any atom is -0.504 e. The minimum absolute atomic E-state index is 0.162. The van der Waals surface area contributed by atoms with Crippen LogP contribution in [0.15, 0.2) is 18.2 Å². The lowest BCUT2D eigenvalue weighted by Gasteiger charge is -2.20. The second-order valence-corrected chi connectivity index (χ2v) is 5.85. The quantitative estimate of drug-likeness (QED) is 0.432. The summed E-state index contributed by atoms with van der Waals surface area (Å²) in [6, 6.07) is 2.60. The van der Waals surface area contributed by atoms with Gasteiger partial charge in [0.1, 0.15) is 6.04 Å². The first-order chi connectivity index (χ1) is 10.7. The summed E-state index contributed by atoms with van der Waals surface area (Å²) in [5.74, 6) is -1.31. The Labute approximate surface area is 135 Å². The molecule has 128 valence electrons. The molecular formula is C16H24N2O5. The van der Waals surface area contributed by atoms with E-state index < -0.39 is 24.0 Å². The maximum absolute atomic E-state index is 12.2. The molecule has 1 aromatic rings. The highest BCUT2D eigenvalue weighted by Crippen LogP contribution is 2.25. The van der Waals surface area contributed by atoms with Crippen LogP contribution in [0.3, 0.4) is 0 Å². The van der Waals surface area contributed by atoms with Crippen LogP contribution in [0.5, 0.6) is 11.5 Å². The van der Waals surface area contributed by atoms with E-state index in [1.807, 2.05) is 13.8 Å². The van der Waals surface area contributed by atoms with E-state index in [0.717, 1.165) is 0 Å². The molecule has 7 heteroatoms. The van der Waals surface area contributed by atoms with Crippen LogP contribution in [-0.4, -0.2) is 41.3 Å². The van der Waals surface area contributed by atoms with Gasteiger partial charge in [0.05, 0.1) is 13.2 Å². The number of amides is 1. The zero-order valence-corrected chi connectivity index (χ0v) is 13.6. The van der Waals surface area contributed by atoms with E-state index in [1.54, 1.807) is 6.07 Å². The summed E-state index contributed by atoms with van der Waals surface area (Å²) in [6.45, 7) is 3.86. The van der Waals surface area contributed by atoms with Crippen molar-refractivity contribution < 1.29 is 24.5 Å². The van der Waals surface area contributed by atoms with Crippen LogP contribution in [0.4, 0.5) is 0 Å². The zero-order chi connectivity index (χ0) is 17.6. The van der Waals surface area contributed by atoms with Crippen molar-refractivity contribution in [2.75, 3.05) is 7.11 Å². The van der Waals surface area contributed by atoms with Crippen LogP contribution in [0.2, 0.25) is 0 Å². The molecule has 0 saturated heterocycles. The third-order valence-electron chi connectivity index (χ3n) is 3.34. The highest BCUT2D eigenvalue weighted by atomic mass is 16.5. The smallest absolute Gasteiger partial charge is 0.328 e. The number of phenols is 2. The fourth-order valence-electron chi connectivity index (χ4n) is 2.15. The largest absolute Gasteiger partial charge is 0.504 e. The number of ether oxygens (including phenoxy) is 1. The van der Waals surface area contributed by atoms with Crippen molar-refractivity contribution in [1.29, 1.82) is 0 Å². The van der Waals surface area contributed by atoms with Gasteiger partial charge >= 0.3 is 5.97 Å². The van der Waals surface area contributed by atoms with Crippen molar-refractivity contribution in [1.82, 2.24) is 5.32 Å². The van der Waals surface area contributed by atoms with Crippen molar-refractivity contribution in [3.8, 4) is 11.5 Å². The van der Waals surface area contributed by atoms with Crippen molar-refractivity contribution in [2.24, 2.45) is 11.7 Å². The molecule has 0 bridgehead atoms. The Morgan fingerprint density at radius 1 is 1.26 bits per heavy atom. The average Bonchev–Trinajstić information content (AvgIpc) is 2.48. The van der Waals surface area contributed by atoms with Gasteiger partial charge in [0.2, 0.25) is 5.91 Å². The minimum atomic E-state index is -0.890. The van der Waals surface area contributed by atoms with Crippen molar-refractivity contribution in [3.63, 3.8) is 0 Å². The molecule has 23 heavy (non-hydrogen) atoms. The number of nitrogens with two attached hydrogens (primary N) is 1. The fraction of sp³-hybridized carbons (Fsp3) is 0.500. The Morgan fingerprint density at radius 3 is 2.43 bits per heavy atom. The first kappa shape index (κ1) is 18.8. The maximum atomic E-state index is 12.2. The van der Waals surface area contributed by atoms with Crippen LogP contribution in [0, 0.1) is 5.92 Å². The summed E-state index contributed by atoms with van der Waals surface area (Å²) in [5.41, 5.74) is 6.45. The SMILES string of the molecule is COC(=O)[C@H](CC(C)C)NC(=O)[C@@H](N)Cc1ccc(O)c(O)c1. The molecule has 0 heterocycles. The zero-order valence-electron chi connectivity index (χ0n) is 13.6. The summed E-state index contributed by atoms with van der Waals surface area (Å²) < 4.78 is 4.69. The molecule has 5 N–H and O–H groups in total. The van der Waals surface area contributed by atoms with E-state index in [9.17, 15) is 19.8 Å². The number of phenolic OH excluding ortho intramolecular Hbond substituents is 2. The fourth-order valence-corrected chi connectivity index (χ4v) is 2.15. The van der Waals surface area contributed by atoms with Gasteiger partial charge in [-0.1, -0.05) is 19.9 Å². The molecule has 1 amide bonds. The summed E-state index contributed by atoms with van der Waals surface area (Å²) in [5, 5.41) is 21.3. The molecule has 0 aliphatic carbocycles. The van der Waals surface area contributed by atoms with Crippen LogP contribution >= 0.6 is 0 Å². The van der Waals surface area contributed by atoms with Crippen LogP contribution in [-0.2, 0) is 20.7 Å². The third kappa shape index (κ3) is 5.78. The Hall–Kier alpha value is -2.28. The van der Waals surface area contributed by atoms with Gasteiger partial charge in [-0.05, 0) is 36.5 Å². The van der Waals surface area contributed by atoms with Gasteiger partial charge in [0.15, 0.2) is 11.5 Å². The molecule has 0 unspecified atom stereocenters. The number of esters is 1. The lowest BCUT2D eigenvalue weighted by Crippen LogP contribution is -2.49. The Kier molecular flexibility index (Phi) is 6.84. The molecule has 0 spiro atoms. The number of hydrogen-bond donors (Lipinski definition) is 4. The number of aromatic hydroxyl groups is 2. The van der Waals surface area contributed by atoms with E-state index in [-0.39, 0.29) is 23.8 Å². The molecule has 2 atom stereocenters. The average molecular weight is 324 g/mol. The maximum Gasteiger partial charge on any atom is 0.328 e. The standard InChI is InChI=1S/C16H24N2O5/c1-9(2)6-12(16(22)23-3)18-15(21)11(17)7-10-4-5-13(19)14(20)8-10/h4-5,8-9,11-12,19-20H,6-7,17H2,1-3H3,(H,18,21)/t11-,12-/m0/s1. The Bertz CT molecular complexity index is 559. The van der Waals surface area contributed by atoms with Crippen LogP contribution < -0.4 is 11.1 Å². The van der Waals surface area contributed by atoms with Gasteiger partial charge in [0.25, 0.3) is 0 Å². The van der Waals surface area contributed by atoms with Gasteiger partial charge < -0.3 is 26.0 Å². The van der Waals surface area contributed by atoms with Crippen LogP contribution in [0.1, 0.15) is 25.8 Å². The van der Waals surface area contributed by atoms with Crippen molar-refractivity contribution in [2.45, 2.75) is 38.8 Å². The topological polar surface area (TPSA) is 122 Å². The molecule has 0 saturated carbocycles. The number of methoxy groups -OCH3 is 1. The number of hydrogen-bond acceptors (Lipinski definition) is 6. The number of carbonyl (C=O) groups excluding carboxylic acids is 2. The van der Waals surface area contributed by atoms with E-state index in [0.29, 0.717) is 12.0 Å². The molecule has 0 aliphatic heterocycles. The predicted octanol–water partition coefficient (Wildman–Crippen LogP) is 0.671. The van der Waals surface area contributed by atoms with Gasteiger partial charge in [-0.2, -0.15) is 0 Å². The lowest BCUT2D eigenvalue weighted by atomic mass is 10.0. The third-order valence-corrected chi connectivity index (χ3v) is 3.34. The molecule has 0 aliphatic rings. The summed E-state index contributed by atoms with van der Waals surface area (Å²) in [7, 11) is 1.26. The number of nitrogens with one attached hydrogen (secondary N) is 1. The van der Waals surface area contributed by atoms with Gasteiger partial charge in [-0.25, -0.2) is 4.79 Å². The monoisotopic (exact) mass is 324 g/mol. The van der Waals surface area contributed by atoms with Crippen molar-refractivity contribution in [3.05, 3.63) is 23.8 Å². The summed E-state index contributed by atoms with van der Waals surface area (Å²) >= 11 is 0. The molecule has 1 aromatic carbocycles. The van der Waals surface area contributed by atoms with Gasteiger partial charge in [0, 0.05) is 0 Å². The summed E-state index contributed by atoms with van der Waals surface area (Å²) in [6.07, 6.45) is 0.611. The molecule has 0 fully saturated rings. The molecule has 7 nitrogen and oxygen atoms in total. The molecule has 0 radical (unpaired) electrons. The first-order valence-corrected chi connectivity index (χ1v) is 7.39. The van der Waals surface area contributed by atoms with E-state index in [4.69, 9.17) is 5.73 Å². The van der Waals surface area contributed by atoms with E-state index in [2.05, 4.69) is 10.1 Å². The Morgan fingerprint density at radius 2 is 1.91 bits per heavy atom. The number of rotatable bonds is 7. The number of carbonyl (C=O) groups is 2. The summed E-state index contributed by atoms with van der Waals surface area (Å²) in [4.78, 5) is 23.9. The highest BCUT2D eigenvalue weighted by molar-refractivity contribution is 5.87. The number of benzene rings is 1. The van der Waals surface area contributed by atoms with E-state index in [1.165, 1.54) is 19.2 Å². The highest BCUT2D eigenvalue weighted by Gasteiger charge is 2.25. The van der Waals surface area contributed by atoms with Crippen molar-refractivity contribution >= 4 is 11.9 Å². The second-order valence-electron chi connectivity index (χ2n) is 5.85. The predicted molar refractivity (Wildman–Crippen MR) is 84.9 cm³/mol. The first-order valence-electron chi connectivity index (χ1n) is 7.39.